The molecule has 2 heterocycles. The topological polar surface area (TPSA) is 155 Å². The van der Waals surface area contributed by atoms with Crippen LogP contribution in [0, 0.1) is 20.2 Å². The van der Waals surface area contributed by atoms with Crippen molar-refractivity contribution in [2.45, 2.75) is 8.42 Å². The van der Waals surface area contributed by atoms with Crippen LogP contribution in [-0.2, 0) is 18.1 Å². The second-order valence-corrected chi connectivity index (χ2v) is 11.2. The molecule has 0 N–H and O–H groups in total. The molecule has 0 saturated carbocycles. The molecule has 24 heavy (non-hydrogen) atoms. The maximum absolute atomic E-state index is 10.6. The zero-order chi connectivity index (χ0) is 18.7. The van der Waals surface area contributed by atoms with Gasteiger partial charge in [0.05, 0.1) is 15.2 Å². The quantitative estimate of drug-likeness (QED) is 0.387. The molecule has 0 aromatic carbocycles. The van der Waals surface area contributed by atoms with E-state index in [1.165, 1.54) is 0 Å². The summed E-state index contributed by atoms with van der Waals surface area (Å²) in [5.74, 6) is 0. The van der Waals surface area contributed by atoms with E-state index in [9.17, 15) is 37.1 Å². The van der Waals surface area contributed by atoms with Crippen LogP contribution in [-0.4, -0.2) is 26.7 Å². The van der Waals surface area contributed by atoms with Gasteiger partial charge >= 0.3 is 5.00 Å². The van der Waals surface area contributed by atoms with Crippen LogP contribution in [0.2, 0.25) is 0 Å². The number of nitro groups is 2. The first-order valence-corrected chi connectivity index (χ1v) is 11.5. The smallest absolute Gasteiger partial charge is 0.258 e. The standard InChI is InChI=1S/2C4H2ClNO4S2/c5-12(9,10)4-1-3(2-11-4)6(7)8;5-12(9,10)4-2-1-3(11-4)6(7)8/h2*1-2H. The van der Waals surface area contributed by atoms with Crippen molar-refractivity contribution in [1.29, 1.82) is 0 Å². The third kappa shape index (κ3) is 5.95. The molecule has 0 bridgehead atoms. The third-order valence-corrected chi connectivity index (χ3v) is 8.16. The monoisotopic (exact) mass is 454 g/mol. The summed E-state index contributed by atoms with van der Waals surface area (Å²) in [6.45, 7) is 0. The lowest BCUT2D eigenvalue weighted by atomic mass is 10.6. The minimum Gasteiger partial charge on any atom is -0.258 e. The molecule has 2 rings (SSSR count). The zero-order valence-electron chi connectivity index (χ0n) is 10.9. The van der Waals surface area contributed by atoms with Gasteiger partial charge in [0, 0.05) is 33.5 Å². The Morgan fingerprint density at radius 2 is 1.46 bits per heavy atom. The van der Waals surface area contributed by atoms with Gasteiger partial charge in [0.2, 0.25) is 0 Å². The van der Waals surface area contributed by atoms with Crippen LogP contribution in [0.1, 0.15) is 0 Å². The van der Waals surface area contributed by atoms with Gasteiger partial charge in [-0.1, -0.05) is 0 Å². The number of hydrogen-bond donors (Lipinski definition) is 0. The Morgan fingerprint density at radius 3 is 1.71 bits per heavy atom. The van der Waals surface area contributed by atoms with Crippen LogP contribution in [0.3, 0.4) is 0 Å². The average molecular weight is 455 g/mol. The van der Waals surface area contributed by atoms with E-state index in [0.29, 0.717) is 11.3 Å². The first kappa shape index (κ1) is 20.7. The van der Waals surface area contributed by atoms with Gasteiger partial charge in [-0.25, -0.2) is 16.8 Å². The van der Waals surface area contributed by atoms with Crippen LogP contribution in [0.4, 0.5) is 10.7 Å². The summed E-state index contributed by atoms with van der Waals surface area (Å²) < 4.78 is 42.1. The van der Waals surface area contributed by atoms with E-state index >= 15 is 0 Å². The Bertz CT molecular complexity index is 897. The number of thiophene rings is 2. The number of nitrogens with zero attached hydrogens (tertiary/aromatic N) is 2. The molecule has 0 aliphatic heterocycles. The fourth-order valence-electron chi connectivity index (χ4n) is 1.07. The van der Waals surface area contributed by atoms with Crippen molar-refractivity contribution in [3.05, 3.63) is 43.8 Å². The number of rotatable bonds is 4. The second-order valence-electron chi connectivity index (χ2n) is 3.61. The first-order chi connectivity index (χ1) is 10.8. The van der Waals surface area contributed by atoms with Gasteiger partial charge in [0.25, 0.3) is 23.8 Å². The van der Waals surface area contributed by atoms with Crippen LogP contribution >= 0.6 is 44.0 Å². The highest BCUT2D eigenvalue weighted by Gasteiger charge is 2.18. The molecule has 0 aliphatic rings. The summed E-state index contributed by atoms with van der Waals surface area (Å²) in [6, 6.07) is 3.12. The highest BCUT2D eigenvalue weighted by Crippen LogP contribution is 2.29. The normalized spacial score (nSPS) is 11.4. The predicted molar refractivity (Wildman–Crippen MR) is 88.0 cm³/mol. The van der Waals surface area contributed by atoms with E-state index in [1.807, 2.05) is 0 Å². The molecule has 0 radical (unpaired) electrons. The molecular formula is C8H4Cl2N2O8S4. The summed E-state index contributed by atoms with van der Waals surface area (Å²) in [7, 11) is 2.21. The molecule has 132 valence electrons. The maximum Gasteiger partial charge on any atom is 0.325 e. The number of halogens is 2. The Hall–Kier alpha value is -1.32. The van der Waals surface area contributed by atoms with E-state index in [4.69, 9.17) is 21.4 Å². The molecule has 2 aromatic rings. The van der Waals surface area contributed by atoms with Crippen molar-refractivity contribution in [2.75, 3.05) is 0 Å². The van der Waals surface area contributed by atoms with Gasteiger partial charge in [-0.05, 0) is 17.4 Å². The zero-order valence-corrected chi connectivity index (χ0v) is 15.6. The van der Waals surface area contributed by atoms with E-state index in [1.54, 1.807) is 0 Å². The Labute approximate surface area is 151 Å². The van der Waals surface area contributed by atoms with Crippen molar-refractivity contribution in [1.82, 2.24) is 0 Å². The second kappa shape index (κ2) is 7.71. The van der Waals surface area contributed by atoms with Gasteiger partial charge in [0.1, 0.15) is 8.42 Å². The molecule has 0 aliphatic carbocycles. The van der Waals surface area contributed by atoms with Crippen LogP contribution in [0.15, 0.2) is 32.0 Å². The number of hydrogen-bond acceptors (Lipinski definition) is 10. The fourth-order valence-corrected chi connectivity index (χ4v) is 4.85. The molecular weight excluding hydrogens is 451 g/mol. The van der Waals surface area contributed by atoms with E-state index in [0.717, 1.165) is 34.9 Å². The molecule has 16 heteroatoms. The molecule has 10 nitrogen and oxygen atoms in total. The van der Waals surface area contributed by atoms with Gasteiger partial charge < -0.3 is 0 Å². The molecule has 2 aromatic heterocycles. The first-order valence-electron chi connectivity index (χ1n) is 5.19. The van der Waals surface area contributed by atoms with Crippen LogP contribution < -0.4 is 0 Å². The summed E-state index contributed by atoms with van der Waals surface area (Å²) in [5.41, 5.74) is -0.265. The minimum absolute atomic E-state index is 0.212. The molecule has 0 unspecified atom stereocenters. The van der Waals surface area contributed by atoms with E-state index in [2.05, 4.69) is 0 Å². The Kier molecular flexibility index (Phi) is 6.66. The molecule has 0 saturated heterocycles. The fraction of sp³-hybridized carbons (Fsp3) is 0. The highest BCUT2D eigenvalue weighted by molar-refractivity contribution is 8.15. The Morgan fingerprint density at radius 1 is 0.917 bits per heavy atom. The summed E-state index contributed by atoms with van der Waals surface area (Å²) in [4.78, 5) is 18.9. The van der Waals surface area contributed by atoms with Crippen LogP contribution in [0.25, 0.3) is 0 Å². The van der Waals surface area contributed by atoms with Crippen molar-refractivity contribution in [3.8, 4) is 0 Å². The van der Waals surface area contributed by atoms with E-state index < -0.39 is 27.9 Å². The van der Waals surface area contributed by atoms with Crippen molar-refractivity contribution in [2.24, 2.45) is 0 Å². The third-order valence-electron chi connectivity index (χ3n) is 2.00. The van der Waals surface area contributed by atoms with E-state index in [-0.39, 0.29) is 19.1 Å². The predicted octanol–water partition coefficient (Wildman–Crippen LogP) is 3.17. The summed E-state index contributed by atoms with van der Waals surface area (Å²) >= 11 is 1.25. The Balaban J connectivity index is 0.000000240. The highest BCUT2D eigenvalue weighted by atomic mass is 35.7. The van der Waals surface area contributed by atoms with Gasteiger partial charge in [-0.2, -0.15) is 0 Å². The molecule has 0 fully saturated rings. The molecule has 0 amide bonds. The molecule has 0 atom stereocenters. The van der Waals surface area contributed by atoms with Gasteiger partial charge in [-0.3, -0.25) is 20.2 Å². The lowest BCUT2D eigenvalue weighted by Crippen LogP contribution is -1.86. The summed E-state index contributed by atoms with van der Waals surface area (Å²) in [6.07, 6.45) is 0. The van der Waals surface area contributed by atoms with Crippen LogP contribution in [0.5, 0.6) is 0 Å². The van der Waals surface area contributed by atoms with Gasteiger partial charge in [0.15, 0.2) is 0 Å². The van der Waals surface area contributed by atoms with Crippen molar-refractivity contribution in [3.63, 3.8) is 0 Å². The SMILES string of the molecule is O=[N+]([O-])c1ccc(S(=O)(=O)Cl)s1.O=[N+]([O-])c1csc(S(=O)(=O)Cl)c1. The maximum atomic E-state index is 10.6. The largest absolute Gasteiger partial charge is 0.325 e. The summed E-state index contributed by atoms with van der Waals surface area (Å²) in [5, 5.41) is 21.1. The lowest BCUT2D eigenvalue weighted by molar-refractivity contribution is -0.384. The van der Waals surface area contributed by atoms with Crippen molar-refractivity contribution >= 4 is 72.8 Å². The van der Waals surface area contributed by atoms with Crippen molar-refractivity contribution < 1.29 is 26.7 Å². The van der Waals surface area contributed by atoms with Gasteiger partial charge in [-0.15, -0.1) is 11.3 Å². The molecule has 0 spiro atoms. The average Bonchev–Trinajstić information content (AvgIpc) is 3.08. The minimum atomic E-state index is -3.83. The lowest BCUT2D eigenvalue weighted by Gasteiger charge is -1.83.